The number of imidazole rings is 1. The number of fused-ring (bicyclic) bond motifs is 1. The molecule has 2 aromatic carbocycles. The summed E-state index contributed by atoms with van der Waals surface area (Å²) in [5, 5.41) is 3.58. The number of hydrogen-bond donors (Lipinski definition) is 1. The molecule has 0 atom stereocenters. The monoisotopic (exact) mass is 419 g/mol. The van der Waals surface area contributed by atoms with Crippen molar-refractivity contribution in [3.63, 3.8) is 0 Å². The molecule has 30 heavy (non-hydrogen) atoms. The third kappa shape index (κ3) is 4.31. The van der Waals surface area contributed by atoms with Crippen LogP contribution < -0.4 is 10.1 Å². The number of carbonyl (C=O) groups is 1. The molecule has 6 heteroatoms. The maximum atomic E-state index is 12.9. The number of halogens is 1. The first-order chi connectivity index (χ1) is 14.5. The van der Waals surface area contributed by atoms with Crippen LogP contribution in [0.1, 0.15) is 34.2 Å². The second-order valence-electron chi connectivity index (χ2n) is 7.08. The number of pyridine rings is 1. The van der Waals surface area contributed by atoms with Crippen molar-refractivity contribution in [1.82, 2.24) is 14.7 Å². The van der Waals surface area contributed by atoms with Crippen LogP contribution in [0.15, 0.2) is 66.9 Å². The second kappa shape index (κ2) is 8.59. The molecule has 4 aromatic rings. The molecular weight excluding hydrogens is 398 g/mol. The predicted molar refractivity (Wildman–Crippen MR) is 118 cm³/mol. The second-order valence-corrected chi connectivity index (χ2v) is 7.51. The van der Waals surface area contributed by atoms with Gasteiger partial charge in [0.25, 0.3) is 5.91 Å². The van der Waals surface area contributed by atoms with Crippen LogP contribution in [0.3, 0.4) is 0 Å². The van der Waals surface area contributed by atoms with Gasteiger partial charge >= 0.3 is 0 Å². The fraction of sp³-hybridized carbons (Fsp3) is 0.167. The number of aromatic nitrogens is 2. The first-order valence-electron chi connectivity index (χ1n) is 9.81. The van der Waals surface area contributed by atoms with E-state index in [-0.39, 0.29) is 5.91 Å². The third-order valence-electron chi connectivity index (χ3n) is 4.84. The fourth-order valence-corrected chi connectivity index (χ4v) is 3.39. The minimum atomic E-state index is -0.165. The lowest BCUT2D eigenvalue weighted by Gasteiger charge is -2.09. The largest absolute Gasteiger partial charge is 0.457 e. The summed E-state index contributed by atoms with van der Waals surface area (Å²) in [5.74, 6) is 1.38. The lowest BCUT2D eigenvalue weighted by molar-refractivity contribution is 0.0944. The van der Waals surface area contributed by atoms with Gasteiger partial charge in [-0.2, -0.15) is 0 Å². The van der Waals surface area contributed by atoms with Gasteiger partial charge in [0, 0.05) is 23.8 Å². The number of benzene rings is 2. The summed E-state index contributed by atoms with van der Waals surface area (Å²) < 4.78 is 7.63. The summed E-state index contributed by atoms with van der Waals surface area (Å²) in [6.45, 7) is 4.43. The lowest BCUT2D eigenvalue weighted by Crippen LogP contribution is -2.25. The van der Waals surface area contributed by atoms with Crippen molar-refractivity contribution in [3.05, 3.63) is 94.4 Å². The number of rotatable bonds is 6. The van der Waals surface area contributed by atoms with Gasteiger partial charge in [-0.1, -0.05) is 48.4 Å². The van der Waals surface area contributed by atoms with E-state index in [1.54, 1.807) is 22.7 Å². The maximum absolute atomic E-state index is 12.9. The van der Waals surface area contributed by atoms with Crippen molar-refractivity contribution in [3.8, 4) is 11.5 Å². The minimum Gasteiger partial charge on any atom is -0.457 e. The quantitative estimate of drug-likeness (QED) is 0.443. The van der Waals surface area contributed by atoms with E-state index in [1.165, 1.54) is 5.56 Å². The molecule has 2 heterocycles. The van der Waals surface area contributed by atoms with Crippen LogP contribution in [0.25, 0.3) is 5.65 Å². The van der Waals surface area contributed by atoms with Crippen molar-refractivity contribution in [2.45, 2.75) is 26.8 Å². The molecular formula is C24H22ClN3O2. The van der Waals surface area contributed by atoms with Crippen molar-refractivity contribution in [1.29, 1.82) is 0 Å². The molecule has 0 aliphatic rings. The molecule has 0 saturated carbocycles. The third-order valence-corrected chi connectivity index (χ3v) is 5.08. The Hall–Kier alpha value is -3.31. The smallest absolute Gasteiger partial charge is 0.270 e. The first-order valence-corrected chi connectivity index (χ1v) is 10.2. The average Bonchev–Trinajstić information content (AvgIpc) is 3.12. The minimum absolute atomic E-state index is 0.165. The molecule has 0 unspecified atom stereocenters. The predicted octanol–water partition coefficient (Wildman–Crippen LogP) is 5.58. The van der Waals surface area contributed by atoms with Crippen LogP contribution in [0.5, 0.6) is 11.5 Å². The van der Waals surface area contributed by atoms with E-state index >= 15 is 0 Å². The van der Waals surface area contributed by atoms with Crippen molar-refractivity contribution in [2.75, 3.05) is 0 Å². The van der Waals surface area contributed by atoms with E-state index in [4.69, 9.17) is 16.3 Å². The van der Waals surface area contributed by atoms with Crippen molar-refractivity contribution < 1.29 is 9.53 Å². The highest BCUT2D eigenvalue weighted by molar-refractivity contribution is 6.30. The zero-order chi connectivity index (χ0) is 21.1. The molecule has 0 radical (unpaired) electrons. The Labute approximate surface area is 180 Å². The van der Waals surface area contributed by atoms with Crippen molar-refractivity contribution >= 4 is 23.2 Å². The molecule has 1 N–H and O–H groups in total. The van der Waals surface area contributed by atoms with Crippen LogP contribution in [0, 0.1) is 6.92 Å². The molecule has 0 aliphatic heterocycles. The van der Waals surface area contributed by atoms with Crippen LogP contribution >= 0.6 is 11.6 Å². The molecule has 0 spiro atoms. The Bertz CT molecular complexity index is 1180. The maximum Gasteiger partial charge on any atom is 0.270 e. The Kier molecular flexibility index (Phi) is 5.72. The summed E-state index contributed by atoms with van der Waals surface area (Å²) >= 11 is 6.05. The topological polar surface area (TPSA) is 55.6 Å². The molecule has 1 amide bonds. The Balaban J connectivity index is 1.44. The molecule has 0 aliphatic carbocycles. The van der Waals surface area contributed by atoms with Crippen LogP contribution in [0.4, 0.5) is 0 Å². The molecule has 4 rings (SSSR count). The van der Waals surface area contributed by atoms with Gasteiger partial charge < -0.3 is 10.1 Å². The van der Waals surface area contributed by atoms with Crippen LogP contribution in [0.2, 0.25) is 5.02 Å². The lowest BCUT2D eigenvalue weighted by atomic mass is 10.2. The number of nitrogens with one attached hydrogen (secondary N) is 1. The average molecular weight is 420 g/mol. The summed E-state index contributed by atoms with van der Waals surface area (Å²) in [7, 11) is 0. The molecule has 0 saturated heterocycles. The number of hydrogen-bond acceptors (Lipinski definition) is 3. The Morgan fingerprint density at radius 3 is 2.40 bits per heavy atom. The number of ether oxygens (including phenoxy) is 1. The van der Waals surface area contributed by atoms with E-state index in [2.05, 4.69) is 10.3 Å². The van der Waals surface area contributed by atoms with E-state index in [1.807, 2.05) is 62.4 Å². The van der Waals surface area contributed by atoms with E-state index < -0.39 is 0 Å². The number of aryl methyl sites for hydroxylation is 2. The molecule has 2 aromatic heterocycles. The standard InChI is InChI=1S/C24H22ClN3O2/c1-3-21-23(28-13-12-18(25)14-22(28)27-21)24(29)26-15-17-6-10-20(11-7-17)30-19-8-4-16(2)5-9-19/h4-14H,3,15H2,1-2H3,(H,26,29). The molecule has 152 valence electrons. The highest BCUT2D eigenvalue weighted by Crippen LogP contribution is 2.22. The molecule has 0 bridgehead atoms. The zero-order valence-corrected chi connectivity index (χ0v) is 17.6. The molecule has 5 nitrogen and oxygen atoms in total. The van der Waals surface area contributed by atoms with Gasteiger partial charge in [-0.25, -0.2) is 4.98 Å². The van der Waals surface area contributed by atoms with Gasteiger partial charge in [0.1, 0.15) is 22.8 Å². The highest BCUT2D eigenvalue weighted by atomic mass is 35.5. The number of carbonyl (C=O) groups excluding carboxylic acids is 1. The summed E-state index contributed by atoms with van der Waals surface area (Å²) in [4.78, 5) is 17.4. The van der Waals surface area contributed by atoms with Crippen molar-refractivity contribution in [2.24, 2.45) is 0 Å². The Morgan fingerprint density at radius 2 is 1.73 bits per heavy atom. The zero-order valence-electron chi connectivity index (χ0n) is 16.9. The summed E-state index contributed by atoms with van der Waals surface area (Å²) in [6, 6.07) is 19.1. The summed E-state index contributed by atoms with van der Waals surface area (Å²) in [5.41, 5.74) is 4.13. The van der Waals surface area contributed by atoms with Gasteiger partial charge in [-0.15, -0.1) is 0 Å². The van der Waals surface area contributed by atoms with Gasteiger partial charge in [0.05, 0.1) is 5.69 Å². The normalized spacial score (nSPS) is 10.9. The summed E-state index contributed by atoms with van der Waals surface area (Å²) in [6.07, 6.45) is 2.43. The van der Waals surface area contributed by atoms with E-state index in [0.717, 1.165) is 22.8 Å². The first kappa shape index (κ1) is 20.0. The van der Waals surface area contributed by atoms with Gasteiger partial charge in [0.2, 0.25) is 0 Å². The Morgan fingerprint density at radius 1 is 1.07 bits per heavy atom. The highest BCUT2D eigenvalue weighted by Gasteiger charge is 2.18. The van der Waals surface area contributed by atoms with E-state index in [9.17, 15) is 4.79 Å². The number of nitrogens with zero attached hydrogens (tertiary/aromatic N) is 2. The van der Waals surface area contributed by atoms with Gasteiger partial charge in [-0.05, 0) is 49.2 Å². The fourth-order valence-electron chi connectivity index (χ4n) is 3.24. The van der Waals surface area contributed by atoms with Crippen LogP contribution in [-0.4, -0.2) is 15.3 Å². The molecule has 0 fully saturated rings. The van der Waals surface area contributed by atoms with Gasteiger partial charge in [0.15, 0.2) is 0 Å². The van der Waals surface area contributed by atoms with Crippen LogP contribution in [-0.2, 0) is 13.0 Å². The number of amides is 1. The van der Waals surface area contributed by atoms with Gasteiger partial charge in [-0.3, -0.25) is 9.20 Å². The SMILES string of the molecule is CCc1nc2cc(Cl)ccn2c1C(=O)NCc1ccc(Oc2ccc(C)cc2)cc1. The van der Waals surface area contributed by atoms with E-state index in [0.29, 0.717) is 29.3 Å².